The maximum atomic E-state index is 6.38. The van der Waals surface area contributed by atoms with Crippen LogP contribution in [0.3, 0.4) is 0 Å². The van der Waals surface area contributed by atoms with E-state index in [-0.39, 0.29) is 11.6 Å². The fourth-order valence-electron chi connectivity index (χ4n) is 3.24. The number of benzene rings is 1. The summed E-state index contributed by atoms with van der Waals surface area (Å²) in [6.45, 7) is 8.95. The third-order valence-electron chi connectivity index (χ3n) is 4.86. The molecule has 0 aliphatic carbocycles. The maximum Gasteiger partial charge on any atom is 0.0441 e. The smallest absolute Gasteiger partial charge is 0.0441 e. The summed E-state index contributed by atoms with van der Waals surface area (Å²) in [5.41, 5.74) is 5.40. The Morgan fingerprint density at radius 1 is 1.29 bits per heavy atom. The molecular weight excluding hydrogens is 282 g/mol. The lowest BCUT2D eigenvalue weighted by Gasteiger charge is -2.46. The van der Waals surface area contributed by atoms with Crippen LogP contribution in [0.5, 0.6) is 0 Å². The number of hydrogen-bond donors (Lipinski definition) is 2. The predicted molar refractivity (Wildman–Crippen MR) is 90.5 cm³/mol. The Hall–Kier alpha value is -0.610. The summed E-state index contributed by atoms with van der Waals surface area (Å²) in [6, 6.07) is 6.44. The van der Waals surface area contributed by atoms with Crippen molar-refractivity contribution in [1.29, 1.82) is 0 Å². The number of piperidine rings is 1. The van der Waals surface area contributed by atoms with Gasteiger partial charge in [-0.05, 0) is 70.3 Å². The van der Waals surface area contributed by atoms with Crippen LogP contribution in [0.15, 0.2) is 18.2 Å². The van der Waals surface area contributed by atoms with Gasteiger partial charge in [0, 0.05) is 16.6 Å². The zero-order valence-electron chi connectivity index (χ0n) is 13.5. The Kier molecular flexibility index (Phi) is 5.67. The molecule has 1 aliphatic heterocycles. The lowest BCUT2D eigenvalue weighted by atomic mass is 9.86. The highest BCUT2D eigenvalue weighted by Gasteiger charge is 2.35. The highest BCUT2D eigenvalue weighted by atomic mass is 35.5. The molecule has 0 aromatic heterocycles. The summed E-state index contributed by atoms with van der Waals surface area (Å²) in [4.78, 5) is 2.56. The first-order valence-electron chi connectivity index (χ1n) is 7.91. The molecule has 118 valence electrons. The number of halogens is 1. The van der Waals surface area contributed by atoms with Gasteiger partial charge in [-0.25, -0.2) is 0 Å². The summed E-state index contributed by atoms with van der Waals surface area (Å²) < 4.78 is 0. The topological polar surface area (TPSA) is 41.3 Å². The van der Waals surface area contributed by atoms with Gasteiger partial charge in [-0.1, -0.05) is 30.2 Å². The first-order valence-corrected chi connectivity index (χ1v) is 8.29. The number of nitrogens with two attached hydrogens (primary N) is 1. The molecule has 1 fully saturated rings. The Balaban J connectivity index is 2.14. The van der Waals surface area contributed by atoms with E-state index in [1.54, 1.807) is 0 Å². The standard InChI is InChI=1S/C17H28ClN3/c1-13-7-8-14(15(18)11-13)12-16(20-19)17(2,3)21-9-5-4-6-10-21/h7-8,11,16,20H,4-6,9-10,12,19H2,1-3H3. The third-order valence-corrected chi connectivity index (χ3v) is 5.21. The van der Waals surface area contributed by atoms with Gasteiger partial charge in [0.1, 0.15) is 0 Å². The Labute approximate surface area is 133 Å². The molecule has 1 atom stereocenters. The summed E-state index contributed by atoms with van der Waals surface area (Å²) in [5, 5.41) is 0.838. The normalized spacial score (nSPS) is 18.7. The number of likely N-dealkylation sites (tertiary alicyclic amines) is 1. The first-order chi connectivity index (χ1) is 9.95. The van der Waals surface area contributed by atoms with Crippen LogP contribution >= 0.6 is 11.6 Å². The van der Waals surface area contributed by atoms with Crippen molar-refractivity contribution < 1.29 is 0 Å². The SMILES string of the molecule is Cc1ccc(CC(NN)C(C)(C)N2CCCCC2)c(Cl)c1. The maximum absolute atomic E-state index is 6.38. The van der Waals surface area contributed by atoms with Gasteiger partial charge < -0.3 is 0 Å². The van der Waals surface area contributed by atoms with Gasteiger partial charge in [0.15, 0.2) is 0 Å². The van der Waals surface area contributed by atoms with Gasteiger partial charge >= 0.3 is 0 Å². The molecule has 3 N–H and O–H groups in total. The molecule has 1 unspecified atom stereocenters. The van der Waals surface area contributed by atoms with Gasteiger partial charge in [0.05, 0.1) is 0 Å². The van der Waals surface area contributed by atoms with Crippen LogP contribution in [0.2, 0.25) is 5.02 Å². The molecule has 4 heteroatoms. The molecule has 1 heterocycles. The van der Waals surface area contributed by atoms with E-state index in [9.17, 15) is 0 Å². The zero-order valence-corrected chi connectivity index (χ0v) is 14.2. The van der Waals surface area contributed by atoms with Gasteiger partial charge in [-0.2, -0.15) is 0 Å². The molecule has 2 rings (SSSR count). The second-order valence-corrected chi connectivity index (χ2v) is 7.13. The van der Waals surface area contributed by atoms with Gasteiger partial charge in [0.2, 0.25) is 0 Å². The first kappa shape index (κ1) is 16.8. The Morgan fingerprint density at radius 2 is 1.95 bits per heavy atom. The average molecular weight is 310 g/mol. The number of nitrogens with one attached hydrogen (secondary N) is 1. The van der Waals surface area contributed by atoms with Crippen molar-refractivity contribution in [1.82, 2.24) is 10.3 Å². The van der Waals surface area contributed by atoms with Crippen molar-refractivity contribution in [3.63, 3.8) is 0 Å². The van der Waals surface area contributed by atoms with Crippen molar-refractivity contribution in [3.05, 3.63) is 34.3 Å². The summed E-state index contributed by atoms with van der Waals surface area (Å²) in [7, 11) is 0. The molecular formula is C17H28ClN3. The van der Waals surface area contributed by atoms with Crippen molar-refractivity contribution in [2.45, 2.75) is 58.0 Å². The average Bonchev–Trinajstić information content (AvgIpc) is 2.47. The summed E-state index contributed by atoms with van der Waals surface area (Å²) in [5.74, 6) is 5.87. The predicted octanol–water partition coefficient (Wildman–Crippen LogP) is 3.29. The number of nitrogens with zero attached hydrogens (tertiary/aromatic N) is 1. The second-order valence-electron chi connectivity index (χ2n) is 6.72. The van der Waals surface area contributed by atoms with Crippen molar-refractivity contribution >= 4 is 11.6 Å². The molecule has 1 saturated heterocycles. The summed E-state index contributed by atoms with van der Waals surface area (Å²) in [6.07, 6.45) is 4.76. The molecule has 0 bridgehead atoms. The number of hydrazine groups is 1. The highest BCUT2D eigenvalue weighted by molar-refractivity contribution is 6.31. The minimum atomic E-state index is 0.0172. The fourth-order valence-corrected chi connectivity index (χ4v) is 3.55. The van der Waals surface area contributed by atoms with Crippen LogP contribution in [0.4, 0.5) is 0 Å². The van der Waals surface area contributed by atoms with Gasteiger partial charge in [-0.15, -0.1) is 0 Å². The van der Waals surface area contributed by atoms with E-state index in [0.717, 1.165) is 30.1 Å². The van der Waals surface area contributed by atoms with Crippen molar-refractivity contribution in [2.75, 3.05) is 13.1 Å². The van der Waals surface area contributed by atoms with Gasteiger partial charge in [-0.3, -0.25) is 16.2 Å². The van der Waals surface area contributed by atoms with Crippen LogP contribution in [-0.2, 0) is 6.42 Å². The second kappa shape index (κ2) is 7.10. The molecule has 0 radical (unpaired) electrons. The largest absolute Gasteiger partial charge is 0.297 e. The number of rotatable bonds is 5. The van der Waals surface area contributed by atoms with Gasteiger partial charge in [0.25, 0.3) is 0 Å². The van der Waals surface area contributed by atoms with E-state index in [0.29, 0.717) is 0 Å². The Bertz CT molecular complexity index is 467. The molecule has 1 aromatic carbocycles. The number of hydrogen-bond acceptors (Lipinski definition) is 3. The van der Waals surface area contributed by atoms with E-state index < -0.39 is 0 Å². The monoisotopic (exact) mass is 309 g/mol. The third kappa shape index (κ3) is 3.98. The van der Waals surface area contributed by atoms with E-state index >= 15 is 0 Å². The molecule has 1 aromatic rings. The van der Waals surface area contributed by atoms with Crippen LogP contribution in [0.25, 0.3) is 0 Å². The van der Waals surface area contributed by atoms with Crippen LogP contribution in [-0.4, -0.2) is 29.6 Å². The lowest BCUT2D eigenvalue weighted by molar-refractivity contribution is 0.0611. The van der Waals surface area contributed by atoms with E-state index in [1.165, 1.54) is 24.8 Å². The highest BCUT2D eigenvalue weighted by Crippen LogP contribution is 2.27. The Morgan fingerprint density at radius 3 is 2.52 bits per heavy atom. The molecule has 0 saturated carbocycles. The minimum Gasteiger partial charge on any atom is -0.297 e. The van der Waals surface area contributed by atoms with E-state index in [4.69, 9.17) is 17.4 Å². The van der Waals surface area contributed by atoms with E-state index in [1.807, 2.05) is 6.07 Å². The molecule has 1 aliphatic rings. The molecule has 3 nitrogen and oxygen atoms in total. The molecule has 21 heavy (non-hydrogen) atoms. The minimum absolute atomic E-state index is 0.0172. The zero-order chi connectivity index (χ0) is 15.5. The lowest BCUT2D eigenvalue weighted by Crippen LogP contribution is -2.61. The number of aryl methyl sites for hydroxylation is 1. The van der Waals surface area contributed by atoms with Crippen LogP contribution in [0, 0.1) is 6.92 Å². The molecule has 0 spiro atoms. The van der Waals surface area contributed by atoms with Crippen molar-refractivity contribution in [3.8, 4) is 0 Å². The van der Waals surface area contributed by atoms with E-state index in [2.05, 4.69) is 43.2 Å². The molecule has 0 amide bonds. The van der Waals surface area contributed by atoms with Crippen molar-refractivity contribution in [2.24, 2.45) is 5.84 Å². The fraction of sp³-hybridized carbons (Fsp3) is 0.647. The summed E-state index contributed by atoms with van der Waals surface area (Å²) >= 11 is 6.38. The van der Waals surface area contributed by atoms with Crippen LogP contribution < -0.4 is 11.3 Å². The quantitative estimate of drug-likeness (QED) is 0.648. The van der Waals surface area contributed by atoms with Crippen LogP contribution in [0.1, 0.15) is 44.2 Å².